The van der Waals surface area contributed by atoms with Gasteiger partial charge in [0.25, 0.3) is 0 Å². The lowest BCUT2D eigenvalue weighted by Gasteiger charge is -2.38. The predicted molar refractivity (Wildman–Crippen MR) is 82.3 cm³/mol. The lowest BCUT2D eigenvalue weighted by atomic mass is 9.68. The normalized spacial score (nSPS) is 27.8. The minimum atomic E-state index is 0.104. The van der Waals surface area contributed by atoms with Crippen molar-refractivity contribution in [2.24, 2.45) is 17.3 Å². The summed E-state index contributed by atoms with van der Waals surface area (Å²) in [5.41, 5.74) is 0.269. The summed E-state index contributed by atoms with van der Waals surface area (Å²) in [6.45, 7) is 6.90. The Kier molecular flexibility index (Phi) is 6.67. The van der Waals surface area contributed by atoms with Gasteiger partial charge >= 0.3 is 0 Å². The van der Waals surface area contributed by atoms with E-state index in [4.69, 9.17) is 5.11 Å². The molecule has 1 aliphatic carbocycles. The zero-order chi connectivity index (χ0) is 14.5. The standard InChI is InChI=1S/C15H29NO2S/c1-11-7-12(9-15(2,3)8-11)14(18)16-13(5-6-17)10-19-4/h11-13,17H,5-10H2,1-4H3,(H,16,18). The summed E-state index contributed by atoms with van der Waals surface area (Å²) >= 11 is 1.71. The Morgan fingerprint density at radius 2 is 2.16 bits per heavy atom. The fraction of sp³-hybridized carbons (Fsp3) is 0.933. The average molecular weight is 287 g/mol. The Balaban J connectivity index is 2.55. The van der Waals surface area contributed by atoms with Gasteiger partial charge in [0.2, 0.25) is 5.91 Å². The van der Waals surface area contributed by atoms with Crippen molar-refractivity contribution in [2.75, 3.05) is 18.6 Å². The Hall–Kier alpha value is -0.220. The van der Waals surface area contributed by atoms with Crippen molar-refractivity contribution in [1.29, 1.82) is 0 Å². The van der Waals surface area contributed by atoms with Gasteiger partial charge in [0.15, 0.2) is 0 Å². The van der Waals surface area contributed by atoms with Crippen molar-refractivity contribution in [3.63, 3.8) is 0 Å². The number of aliphatic hydroxyl groups is 1. The fourth-order valence-electron chi connectivity index (χ4n) is 3.42. The van der Waals surface area contributed by atoms with Crippen LogP contribution >= 0.6 is 11.8 Å². The van der Waals surface area contributed by atoms with Crippen molar-refractivity contribution in [2.45, 2.75) is 52.5 Å². The predicted octanol–water partition coefficient (Wildman–Crippen LogP) is 2.68. The summed E-state index contributed by atoms with van der Waals surface area (Å²) in [7, 11) is 0. The van der Waals surface area contributed by atoms with E-state index in [1.807, 2.05) is 6.26 Å². The van der Waals surface area contributed by atoms with Crippen molar-refractivity contribution >= 4 is 17.7 Å². The first-order valence-corrected chi connectivity index (χ1v) is 8.67. The van der Waals surface area contributed by atoms with E-state index in [0.29, 0.717) is 12.3 Å². The van der Waals surface area contributed by atoms with Gasteiger partial charge in [-0.3, -0.25) is 4.79 Å². The van der Waals surface area contributed by atoms with Gasteiger partial charge in [0.05, 0.1) is 0 Å². The molecule has 112 valence electrons. The number of hydrogen-bond acceptors (Lipinski definition) is 3. The summed E-state index contributed by atoms with van der Waals surface area (Å²) in [5.74, 6) is 1.82. The van der Waals surface area contributed by atoms with Crippen LogP contribution in [0.25, 0.3) is 0 Å². The first-order valence-electron chi connectivity index (χ1n) is 7.28. The number of nitrogens with one attached hydrogen (secondary N) is 1. The highest BCUT2D eigenvalue weighted by molar-refractivity contribution is 7.98. The molecule has 1 amide bonds. The molecular formula is C15H29NO2S. The molecule has 3 nitrogen and oxygen atoms in total. The molecule has 2 N–H and O–H groups in total. The van der Waals surface area contributed by atoms with E-state index in [1.165, 1.54) is 6.42 Å². The minimum absolute atomic E-state index is 0.104. The second-order valence-electron chi connectivity index (χ2n) is 6.78. The number of aliphatic hydroxyl groups excluding tert-OH is 1. The topological polar surface area (TPSA) is 49.3 Å². The zero-order valence-electron chi connectivity index (χ0n) is 12.7. The van der Waals surface area contributed by atoms with Crippen LogP contribution < -0.4 is 5.32 Å². The second-order valence-corrected chi connectivity index (χ2v) is 7.69. The SMILES string of the molecule is CSCC(CCO)NC(=O)C1CC(C)CC(C)(C)C1. The molecule has 1 rings (SSSR count). The van der Waals surface area contributed by atoms with Crippen LogP contribution in [0.5, 0.6) is 0 Å². The van der Waals surface area contributed by atoms with E-state index in [2.05, 4.69) is 26.1 Å². The number of carbonyl (C=O) groups is 1. The second kappa shape index (κ2) is 7.53. The molecule has 0 bridgehead atoms. The summed E-state index contributed by atoms with van der Waals surface area (Å²) < 4.78 is 0. The minimum Gasteiger partial charge on any atom is -0.396 e. The number of hydrogen-bond donors (Lipinski definition) is 2. The van der Waals surface area contributed by atoms with E-state index >= 15 is 0 Å². The van der Waals surface area contributed by atoms with Gasteiger partial charge in [-0.2, -0.15) is 11.8 Å². The zero-order valence-corrected chi connectivity index (χ0v) is 13.6. The molecule has 1 fully saturated rings. The van der Waals surface area contributed by atoms with Gasteiger partial charge in [-0.05, 0) is 43.3 Å². The van der Waals surface area contributed by atoms with Gasteiger partial charge in [0.1, 0.15) is 0 Å². The molecule has 0 aromatic carbocycles. The molecule has 1 aliphatic rings. The van der Waals surface area contributed by atoms with Crippen LogP contribution in [-0.2, 0) is 4.79 Å². The average Bonchev–Trinajstić information content (AvgIpc) is 2.26. The molecule has 1 saturated carbocycles. The van der Waals surface area contributed by atoms with Gasteiger partial charge in [-0.25, -0.2) is 0 Å². The van der Waals surface area contributed by atoms with Crippen LogP contribution in [0.15, 0.2) is 0 Å². The van der Waals surface area contributed by atoms with E-state index in [-0.39, 0.29) is 29.9 Å². The van der Waals surface area contributed by atoms with Gasteiger partial charge in [0, 0.05) is 24.3 Å². The molecule has 3 unspecified atom stereocenters. The number of thioether (sulfide) groups is 1. The van der Waals surface area contributed by atoms with Gasteiger partial charge in [-0.1, -0.05) is 20.8 Å². The fourth-order valence-corrected chi connectivity index (χ4v) is 4.07. The largest absolute Gasteiger partial charge is 0.396 e. The van der Waals surface area contributed by atoms with Crippen LogP contribution in [0.4, 0.5) is 0 Å². The van der Waals surface area contributed by atoms with Crippen LogP contribution in [0.2, 0.25) is 0 Å². The van der Waals surface area contributed by atoms with Crippen molar-refractivity contribution in [1.82, 2.24) is 5.32 Å². The summed E-state index contributed by atoms with van der Waals surface area (Å²) in [5, 5.41) is 12.2. The maximum atomic E-state index is 12.4. The lowest BCUT2D eigenvalue weighted by molar-refractivity contribution is -0.128. The molecule has 0 radical (unpaired) electrons. The molecule has 0 saturated heterocycles. The van der Waals surface area contributed by atoms with Crippen LogP contribution in [0, 0.1) is 17.3 Å². The lowest BCUT2D eigenvalue weighted by Crippen LogP contribution is -2.44. The quantitative estimate of drug-likeness (QED) is 0.789. The third kappa shape index (κ3) is 5.74. The van der Waals surface area contributed by atoms with Crippen LogP contribution in [-0.4, -0.2) is 35.7 Å². The smallest absolute Gasteiger partial charge is 0.223 e. The molecule has 4 heteroatoms. The Morgan fingerprint density at radius 3 is 2.68 bits per heavy atom. The maximum Gasteiger partial charge on any atom is 0.223 e. The van der Waals surface area contributed by atoms with E-state index in [1.54, 1.807) is 11.8 Å². The van der Waals surface area contributed by atoms with Gasteiger partial charge in [-0.15, -0.1) is 0 Å². The summed E-state index contributed by atoms with van der Waals surface area (Å²) in [6.07, 6.45) is 5.87. The van der Waals surface area contributed by atoms with Crippen molar-refractivity contribution < 1.29 is 9.90 Å². The number of rotatable bonds is 6. The van der Waals surface area contributed by atoms with E-state index in [0.717, 1.165) is 18.6 Å². The highest BCUT2D eigenvalue weighted by Crippen LogP contribution is 2.41. The third-order valence-electron chi connectivity index (χ3n) is 3.95. The van der Waals surface area contributed by atoms with Crippen LogP contribution in [0.1, 0.15) is 46.5 Å². The highest BCUT2D eigenvalue weighted by atomic mass is 32.2. The van der Waals surface area contributed by atoms with Gasteiger partial charge < -0.3 is 10.4 Å². The molecule has 0 heterocycles. The Bertz CT molecular complexity index is 288. The monoisotopic (exact) mass is 287 g/mol. The molecular weight excluding hydrogens is 258 g/mol. The highest BCUT2D eigenvalue weighted by Gasteiger charge is 2.35. The number of amides is 1. The Morgan fingerprint density at radius 1 is 1.47 bits per heavy atom. The molecule has 0 aromatic rings. The van der Waals surface area contributed by atoms with Crippen LogP contribution in [0.3, 0.4) is 0 Å². The van der Waals surface area contributed by atoms with E-state index < -0.39 is 0 Å². The maximum absolute atomic E-state index is 12.4. The summed E-state index contributed by atoms with van der Waals surface area (Å²) in [4.78, 5) is 12.4. The first-order chi connectivity index (χ1) is 8.88. The molecule has 0 spiro atoms. The van der Waals surface area contributed by atoms with Crippen molar-refractivity contribution in [3.05, 3.63) is 0 Å². The Labute approximate surface area is 121 Å². The molecule has 0 aliphatic heterocycles. The van der Waals surface area contributed by atoms with E-state index in [9.17, 15) is 4.79 Å². The number of carbonyl (C=O) groups excluding carboxylic acids is 1. The molecule has 19 heavy (non-hydrogen) atoms. The molecule has 3 atom stereocenters. The summed E-state index contributed by atoms with van der Waals surface area (Å²) in [6, 6.07) is 0.104. The van der Waals surface area contributed by atoms with Crippen molar-refractivity contribution in [3.8, 4) is 0 Å². The third-order valence-corrected chi connectivity index (χ3v) is 4.69. The first kappa shape index (κ1) is 16.8. The molecule has 0 aromatic heterocycles.